The summed E-state index contributed by atoms with van der Waals surface area (Å²) < 4.78 is 1.08. The quantitative estimate of drug-likeness (QED) is 0.810. The third-order valence-electron chi connectivity index (χ3n) is 1.85. The minimum absolute atomic E-state index is 1.08. The highest BCUT2D eigenvalue weighted by Gasteiger charge is 2.04. The molecule has 1 N–H and O–H groups in total. The Bertz CT molecular complexity index is 406. The second-order valence-corrected chi connectivity index (χ2v) is 3.77. The van der Waals surface area contributed by atoms with E-state index in [2.05, 4.69) is 32.0 Å². The summed E-state index contributed by atoms with van der Waals surface area (Å²) in [5, 5.41) is 0. The predicted octanol–water partition coefficient (Wildman–Crippen LogP) is 3.15. The van der Waals surface area contributed by atoms with E-state index in [0.717, 1.165) is 21.4 Å². The van der Waals surface area contributed by atoms with Gasteiger partial charge < -0.3 is 4.98 Å². The maximum Gasteiger partial charge on any atom is 0.0616 e. The fourth-order valence-electron chi connectivity index (χ4n) is 1.28. The number of hydrogen-bond acceptors (Lipinski definition) is 1. The fraction of sp³-hybridized carbons (Fsp3) is 0.100. The van der Waals surface area contributed by atoms with Crippen molar-refractivity contribution in [3.63, 3.8) is 0 Å². The first-order valence-electron chi connectivity index (χ1n) is 4.03. The minimum atomic E-state index is 1.08. The maximum atomic E-state index is 4.07. The zero-order valence-corrected chi connectivity index (χ0v) is 8.80. The van der Waals surface area contributed by atoms with E-state index in [-0.39, 0.29) is 0 Å². The molecule has 0 radical (unpaired) electrons. The van der Waals surface area contributed by atoms with Crippen molar-refractivity contribution < 1.29 is 0 Å². The predicted molar refractivity (Wildman–Crippen MR) is 56.5 cm³/mol. The average molecular weight is 237 g/mol. The van der Waals surface area contributed by atoms with Crippen molar-refractivity contribution in [1.82, 2.24) is 9.97 Å². The summed E-state index contributed by atoms with van der Waals surface area (Å²) in [6.45, 7) is 2.03. The van der Waals surface area contributed by atoms with E-state index in [1.807, 2.05) is 25.3 Å². The molecule has 0 amide bonds. The summed E-state index contributed by atoms with van der Waals surface area (Å²) in [7, 11) is 0. The van der Waals surface area contributed by atoms with Gasteiger partial charge >= 0.3 is 0 Å². The van der Waals surface area contributed by atoms with Crippen LogP contribution in [0.4, 0.5) is 0 Å². The van der Waals surface area contributed by atoms with Gasteiger partial charge in [0.05, 0.1) is 5.69 Å². The van der Waals surface area contributed by atoms with Crippen LogP contribution < -0.4 is 0 Å². The van der Waals surface area contributed by atoms with Crippen LogP contribution in [0.3, 0.4) is 0 Å². The third-order valence-corrected chi connectivity index (χ3v) is 2.48. The molecule has 0 aliphatic heterocycles. The summed E-state index contributed by atoms with van der Waals surface area (Å²) in [6, 6.07) is 6.02. The maximum absolute atomic E-state index is 4.07. The standard InChI is InChI=1S/C10H9BrN2/c1-7-5-9(11)10(13-7)8-3-2-4-12-6-8/h2-6,13H,1H3. The molecule has 0 saturated heterocycles. The Morgan fingerprint density at radius 3 is 2.85 bits per heavy atom. The third kappa shape index (κ3) is 1.65. The Morgan fingerprint density at radius 1 is 1.46 bits per heavy atom. The molecule has 0 saturated carbocycles. The fourth-order valence-corrected chi connectivity index (χ4v) is 1.95. The summed E-state index contributed by atoms with van der Waals surface area (Å²) >= 11 is 3.49. The molecule has 0 unspecified atom stereocenters. The molecule has 2 heterocycles. The number of aromatic nitrogens is 2. The van der Waals surface area contributed by atoms with Crippen molar-refractivity contribution in [2.75, 3.05) is 0 Å². The van der Waals surface area contributed by atoms with Gasteiger partial charge in [0, 0.05) is 28.1 Å². The molecule has 0 spiro atoms. The summed E-state index contributed by atoms with van der Waals surface area (Å²) in [6.07, 6.45) is 3.61. The molecule has 66 valence electrons. The second-order valence-electron chi connectivity index (χ2n) is 2.92. The molecule has 2 aromatic rings. The molecular formula is C10H9BrN2. The molecular weight excluding hydrogens is 228 g/mol. The first-order chi connectivity index (χ1) is 6.27. The lowest BCUT2D eigenvalue weighted by atomic mass is 10.2. The van der Waals surface area contributed by atoms with E-state index >= 15 is 0 Å². The smallest absolute Gasteiger partial charge is 0.0616 e. The van der Waals surface area contributed by atoms with Crippen molar-refractivity contribution in [3.05, 3.63) is 40.8 Å². The molecule has 2 nitrogen and oxygen atoms in total. The molecule has 0 aliphatic carbocycles. The molecule has 0 atom stereocenters. The number of nitrogens with one attached hydrogen (secondary N) is 1. The zero-order valence-electron chi connectivity index (χ0n) is 7.21. The number of halogens is 1. The van der Waals surface area contributed by atoms with E-state index < -0.39 is 0 Å². The van der Waals surface area contributed by atoms with Crippen LogP contribution in [0.5, 0.6) is 0 Å². The van der Waals surface area contributed by atoms with E-state index in [9.17, 15) is 0 Å². The summed E-state index contributed by atoms with van der Waals surface area (Å²) in [5.74, 6) is 0. The van der Waals surface area contributed by atoms with Crippen molar-refractivity contribution in [2.24, 2.45) is 0 Å². The van der Waals surface area contributed by atoms with Crippen molar-refractivity contribution in [2.45, 2.75) is 6.92 Å². The lowest BCUT2D eigenvalue weighted by molar-refractivity contribution is 1.25. The van der Waals surface area contributed by atoms with Gasteiger partial charge in [0.25, 0.3) is 0 Å². The number of aromatic amines is 1. The van der Waals surface area contributed by atoms with Gasteiger partial charge in [-0.15, -0.1) is 0 Å². The molecule has 2 rings (SSSR count). The molecule has 2 aromatic heterocycles. The van der Waals surface area contributed by atoms with Crippen LogP contribution in [0, 0.1) is 6.92 Å². The molecule has 0 aromatic carbocycles. The number of hydrogen-bond donors (Lipinski definition) is 1. The Morgan fingerprint density at radius 2 is 2.31 bits per heavy atom. The van der Waals surface area contributed by atoms with Gasteiger partial charge in [0.1, 0.15) is 0 Å². The van der Waals surface area contributed by atoms with Gasteiger partial charge in [-0.2, -0.15) is 0 Å². The normalized spacial score (nSPS) is 10.3. The number of pyridine rings is 1. The van der Waals surface area contributed by atoms with Crippen LogP contribution in [0.25, 0.3) is 11.3 Å². The Balaban J connectivity index is 2.53. The van der Waals surface area contributed by atoms with Gasteiger partial charge in [-0.3, -0.25) is 4.98 Å². The lowest BCUT2D eigenvalue weighted by Gasteiger charge is -1.97. The minimum Gasteiger partial charge on any atom is -0.358 e. The number of H-pyrrole nitrogens is 1. The molecule has 13 heavy (non-hydrogen) atoms. The summed E-state index contributed by atoms with van der Waals surface area (Å²) in [5.41, 5.74) is 3.33. The van der Waals surface area contributed by atoms with Gasteiger partial charge in [-0.25, -0.2) is 0 Å². The summed E-state index contributed by atoms with van der Waals surface area (Å²) in [4.78, 5) is 7.34. The van der Waals surface area contributed by atoms with Crippen LogP contribution in [-0.2, 0) is 0 Å². The SMILES string of the molecule is Cc1cc(Br)c(-c2cccnc2)[nH]1. The Hall–Kier alpha value is -1.09. The highest BCUT2D eigenvalue weighted by Crippen LogP contribution is 2.27. The highest BCUT2D eigenvalue weighted by molar-refractivity contribution is 9.10. The number of aryl methyl sites for hydroxylation is 1. The zero-order chi connectivity index (χ0) is 9.26. The largest absolute Gasteiger partial charge is 0.358 e. The van der Waals surface area contributed by atoms with Crippen LogP contribution >= 0.6 is 15.9 Å². The van der Waals surface area contributed by atoms with Gasteiger partial charge in [-0.05, 0) is 41.1 Å². The first kappa shape index (κ1) is 8.51. The molecule has 0 fully saturated rings. The van der Waals surface area contributed by atoms with E-state index in [1.54, 1.807) is 6.20 Å². The molecule has 0 bridgehead atoms. The topological polar surface area (TPSA) is 28.7 Å². The van der Waals surface area contributed by atoms with Gasteiger partial charge in [-0.1, -0.05) is 0 Å². The van der Waals surface area contributed by atoms with E-state index in [1.165, 1.54) is 0 Å². The van der Waals surface area contributed by atoms with E-state index in [0.29, 0.717) is 0 Å². The van der Waals surface area contributed by atoms with Gasteiger partial charge in [0.15, 0.2) is 0 Å². The number of rotatable bonds is 1. The van der Waals surface area contributed by atoms with Crippen molar-refractivity contribution in [3.8, 4) is 11.3 Å². The molecule has 0 aliphatic rings. The monoisotopic (exact) mass is 236 g/mol. The van der Waals surface area contributed by atoms with E-state index in [4.69, 9.17) is 0 Å². The van der Waals surface area contributed by atoms with Crippen LogP contribution in [-0.4, -0.2) is 9.97 Å². The van der Waals surface area contributed by atoms with Crippen LogP contribution in [0.2, 0.25) is 0 Å². The first-order valence-corrected chi connectivity index (χ1v) is 4.82. The second kappa shape index (κ2) is 3.34. The van der Waals surface area contributed by atoms with Crippen LogP contribution in [0.15, 0.2) is 35.1 Å². The highest BCUT2D eigenvalue weighted by atomic mass is 79.9. The number of nitrogens with zero attached hydrogens (tertiary/aromatic N) is 1. The Kier molecular flexibility index (Phi) is 2.19. The van der Waals surface area contributed by atoms with Gasteiger partial charge in [0.2, 0.25) is 0 Å². The van der Waals surface area contributed by atoms with Crippen molar-refractivity contribution in [1.29, 1.82) is 0 Å². The van der Waals surface area contributed by atoms with Crippen LogP contribution in [0.1, 0.15) is 5.69 Å². The van der Waals surface area contributed by atoms with Crippen molar-refractivity contribution >= 4 is 15.9 Å². The molecule has 3 heteroatoms. The lowest BCUT2D eigenvalue weighted by Crippen LogP contribution is -1.79. The average Bonchev–Trinajstić information content (AvgIpc) is 2.47. The Labute approximate surface area is 85.1 Å².